The van der Waals surface area contributed by atoms with Crippen LogP contribution in [0.5, 0.6) is 0 Å². The molecule has 7 nitrogen and oxygen atoms in total. The third-order valence-corrected chi connectivity index (χ3v) is 6.33. The van der Waals surface area contributed by atoms with E-state index in [-0.39, 0.29) is 12.5 Å². The van der Waals surface area contributed by atoms with Gasteiger partial charge in [0, 0.05) is 18.9 Å². The predicted octanol–water partition coefficient (Wildman–Crippen LogP) is 3.35. The Hall–Kier alpha value is -3.13. The molecule has 0 aliphatic heterocycles. The van der Waals surface area contributed by atoms with Crippen molar-refractivity contribution in [2.24, 2.45) is 0 Å². The van der Waals surface area contributed by atoms with Crippen LogP contribution in [0.3, 0.4) is 0 Å². The fourth-order valence-corrected chi connectivity index (χ4v) is 4.79. The van der Waals surface area contributed by atoms with Gasteiger partial charge in [-0.15, -0.1) is 0 Å². The lowest BCUT2D eigenvalue weighted by Gasteiger charge is -2.30. The van der Waals surface area contributed by atoms with Crippen molar-refractivity contribution in [1.82, 2.24) is 14.9 Å². The monoisotopic (exact) mass is 440 g/mol. The molecule has 31 heavy (non-hydrogen) atoms. The molecule has 0 saturated carbocycles. The zero-order valence-electron chi connectivity index (χ0n) is 18.2. The minimum Gasteiger partial charge on any atom is -0.350 e. The highest BCUT2D eigenvalue weighted by molar-refractivity contribution is 7.92. The third-order valence-electron chi connectivity index (χ3n) is 5.15. The van der Waals surface area contributed by atoms with Crippen molar-refractivity contribution in [3.05, 3.63) is 77.9 Å². The third kappa shape index (κ3) is 5.14. The second-order valence-corrected chi connectivity index (χ2v) is 9.37. The molecule has 0 spiro atoms. The SMILES string of the molecule is CC[C@@H](C(=O)NCc1ccccc1-n1ccnc1C)N(c1ccc(C)cc1)S(C)(=O)=O. The maximum absolute atomic E-state index is 13.1. The Morgan fingerprint density at radius 1 is 1.13 bits per heavy atom. The van der Waals surface area contributed by atoms with E-state index in [0.29, 0.717) is 12.1 Å². The zero-order chi connectivity index (χ0) is 22.6. The largest absolute Gasteiger partial charge is 0.350 e. The number of anilines is 1. The van der Waals surface area contributed by atoms with Crippen LogP contribution >= 0.6 is 0 Å². The van der Waals surface area contributed by atoms with Crippen LogP contribution in [0.2, 0.25) is 0 Å². The Morgan fingerprint density at radius 3 is 2.39 bits per heavy atom. The number of aryl methyl sites for hydroxylation is 2. The number of nitrogens with zero attached hydrogens (tertiary/aromatic N) is 3. The molecule has 164 valence electrons. The first-order valence-electron chi connectivity index (χ1n) is 10.1. The number of hydrogen-bond donors (Lipinski definition) is 1. The van der Waals surface area contributed by atoms with Crippen molar-refractivity contribution in [3.63, 3.8) is 0 Å². The van der Waals surface area contributed by atoms with E-state index in [1.165, 1.54) is 4.31 Å². The van der Waals surface area contributed by atoms with Crippen molar-refractivity contribution in [1.29, 1.82) is 0 Å². The van der Waals surface area contributed by atoms with Gasteiger partial charge in [0.25, 0.3) is 0 Å². The second kappa shape index (κ2) is 9.34. The molecule has 0 aliphatic rings. The number of sulfonamides is 1. The highest BCUT2D eigenvalue weighted by atomic mass is 32.2. The van der Waals surface area contributed by atoms with Gasteiger partial charge in [-0.3, -0.25) is 9.10 Å². The quantitative estimate of drug-likeness (QED) is 0.582. The number of rotatable bonds is 8. The van der Waals surface area contributed by atoms with Crippen LogP contribution in [0.1, 0.15) is 30.3 Å². The summed E-state index contributed by atoms with van der Waals surface area (Å²) in [5, 5.41) is 2.93. The molecule has 3 aromatic rings. The highest BCUT2D eigenvalue weighted by Crippen LogP contribution is 2.23. The Kier molecular flexibility index (Phi) is 6.80. The van der Waals surface area contributed by atoms with Crippen LogP contribution in [0.15, 0.2) is 60.9 Å². The number of amides is 1. The van der Waals surface area contributed by atoms with E-state index in [1.54, 1.807) is 25.3 Å². The number of nitrogens with one attached hydrogen (secondary N) is 1. The van der Waals surface area contributed by atoms with Crippen LogP contribution in [0.25, 0.3) is 5.69 Å². The Morgan fingerprint density at radius 2 is 1.81 bits per heavy atom. The van der Waals surface area contributed by atoms with Gasteiger partial charge < -0.3 is 9.88 Å². The van der Waals surface area contributed by atoms with Gasteiger partial charge in [-0.05, 0) is 44.0 Å². The summed E-state index contributed by atoms with van der Waals surface area (Å²) in [5.74, 6) is 0.499. The van der Waals surface area contributed by atoms with Crippen molar-refractivity contribution < 1.29 is 13.2 Å². The lowest BCUT2D eigenvalue weighted by Crippen LogP contribution is -2.49. The number of benzene rings is 2. The maximum Gasteiger partial charge on any atom is 0.244 e. The lowest BCUT2D eigenvalue weighted by molar-refractivity contribution is -0.122. The van der Waals surface area contributed by atoms with Crippen LogP contribution < -0.4 is 9.62 Å². The summed E-state index contributed by atoms with van der Waals surface area (Å²) in [6.45, 7) is 5.92. The molecule has 1 N–H and O–H groups in total. The summed E-state index contributed by atoms with van der Waals surface area (Å²) in [6.07, 6.45) is 5.06. The van der Waals surface area contributed by atoms with E-state index in [1.807, 2.05) is 61.0 Å². The molecule has 0 aliphatic carbocycles. The highest BCUT2D eigenvalue weighted by Gasteiger charge is 2.31. The van der Waals surface area contributed by atoms with Gasteiger partial charge in [-0.2, -0.15) is 0 Å². The molecule has 3 rings (SSSR count). The molecule has 0 bridgehead atoms. The molecule has 8 heteroatoms. The maximum atomic E-state index is 13.1. The first kappa shape index (κ1) is 22.6. The van der Waals surface area contributed by atoms with Gasteiger partial charge in [0.05, 0.1) is 17.6 Å². The van der Waals surface area contributed by atoms with Crippen molar-refractivity contribution in [3.8, 4) is 5.69 Å². The Labute approximate surface area is 183 Å². The average Bonchev–Trinajstić information content (AvgIpc) is 3.16. The second-order valence-electron chi connectivity index (χ2n) is 7.51. The summed E-state index contributed by atoms with van der Waals surface area (Å²) in [5.41, 5.74) is 3.32. The molecule has 1 atom stereocenters. The summed E-state index contributed by atoms with van der Waals surface area (Å²) in [4.78, 5) is 17.4. The molecule has 0 fully saturated rings. The minimum absolute atomic E-state index is 0.272. The first-order valence-corrected chi connectivity index (χ1v) is 12.0. The van der Waals surface area contributed by atoms with E-state index >= 15 is 0 Å². The fraction of sp³-hybridized carbons (Fsp3) is 0.304. The minimum atomic E-state index is -3.66. The number of aromatic nitrogens is 2. The smallest absolute Gasteiger partial charge is 0.244 e. The molecule has 0 saturated heterocycles. The van der Waals surface area contributed by atoms with Gasteiger partial charge in [0.2, 0.25) is 15.9 Å². The average molecular weight is 441 g/mol. The van der Waals surface area contributed by atoms with Gasteiger partial charge in [0.1, 0.15) is 11.9 Å². The van der Waals surface area contributed by atoms with Crippen LogP contribution in [0, 0.1) is 13.8 Å². The number of carbonyl (C=O) groups excluding carboxylic acids is 1. The number of para-hydroxylation sites is 1. The van der Waals surface area contributed by atoms with E-state index in [9.17, 15) is 13.2 Å². The van der Waals surface area contributed by atoms with E-state index in [4.69, 9.17) is 0 Å². The molecule has 0 unspecified atom stereocenters. The summed E-state index contributed by atoms with van der Waals surface area (Å²) < 4.78 is 28.3. The molecular weight excluding hydrogens is 412 g/mol. The Bertz CT molecular complexity index is 1150. The fourth-order valence-electron chi connectivity index (χ4n) is 3.58. The normalized spacial score (nSPS) is 12.4. The van der Waals surface area contributed by atoms with Gasteiger partial charge in [-0.25, -0.2) is 13.4 Å². The van der Waals surface area contributed by atoms with E-state index in [0.717, 1.165) is 28.9 Å². The molecule has 1 amide bonds. The van der Waals surface area contributed by atoms with E-state index < -0.39 is 16.1 Å². The van der Waals surface area contributed by atoms with Gasteiger partial charge >= 0.3 is 0 Å². The Balaban J connectivity index is 1.85. The summed E-state index contributed by atoms with van der Waals surface area (Å²) >= 11 is 0. The number of imidazole rings is 1. The number of carbonyl (C=O) groups is 1. The summed E-state index contributed by atoms with van der Waals surface area (Å²) in [7, 11) is -3.66. The topological polar surface area (TPSA) is 84.3 Å². The molecule has 2 aromatic carbocycles. The molecule has 1 heterocycles. The molecular formula is C23H28N4O3S. The van der Waals surface area contributed by atoms with Gasteiger partial charge in [0.15, 0.2) is 0 Å². The summed E-state index contributed by atoms with van der Waals surface area (Å²) in [6, 6.07) is 14.0. The predicted molar refractivity (Wildman–Crippen MR) is 123 cm³/mol. The molecule has 0 radical (unpaired) electrons. The van der Waals surface area contributed by atoms with Crippen molar-refractivity contribution in [2.45, 2.75) is 39.8 Å². The van der Waals surface area contributed by atoms with E-state index in [2.05, 4.69) is 10.3 Å². The van der Waals surface area contributed by atoms with Crippen LogP contribution in [-0.4, -0.2) is 36.2 Å². The van der Waals surface area contributed by atoms with Gasteiger partial charge in [-0.1, -0.05) is 42.8 Å². The first-order chi connectivity index (χ1) is 14.7. The van der Waals surface area contributed by atoms with Crippen LogP contribution in [0.4, 0.5) is 5.69 Å². The van der Waals surface area contributed by atoms with Crippen molar-refractivity contribution in [2.75, 3.05) is 10.6 Å². The number of hydrogen-bond acceptors (Lipinski definition) is 4. The standard InChI is InChI=1S/C23H28N4O3S/c1-5-21(27(31(4,29)30)20-12-10-17(2)11-13-20)23(28)25-16-19-8-6-7-9-22(19)26-15-14-24-18(26)3/h6-15,21H,5,16H2,1-4H3,(H,25,28)/t21-/m0/s1. The molecule has 1 aromatic heterocycles. The lowest BCUT2D eigenvalue weighted by atomic mass is 10.1. The van der Waals surface area contributed by atoms with Crippen LogP contribution in [-0.2, 0) is 21.4 Å². The zero-order valence-corrected chi connectivity index (χ0v) is 19.1. The van der Waals surface area contributed by atoms with Crippen molar-refractivity contribution >= 4 is 21.6 Å².